The first-order valence-corrected chi connectivity index (χ1v) is 6.23. The van der Waals surface area contributed by atoms with Crippen molar-refractivity contribution in [2.75, 3.05) is 7.11 Å². The van der Waals surface area contributed by atoms with Crippen molar-refractivity contribution in [2.45, 2.75) is 13.0 Å². The maximum absolute atomic E-state index is 14.0. The molecule has 0 bridgehead atoms. The number of ether oxygens (including phenoxy) is 1. The van der Waals surface area contributed by atoms with Crippen LogP contribution in [0.1, 0.15) is 22.7 Å². The summed E-state index contributed by atoms with van der Waals surface area (Å²) >= 11 is 0. The lowest BCUT2D eigenvalue weighted by atomic mass is 9.96. The van der Waals surface area contributed by atoms with E-state index in [9.17, 15) is 13.2 Å². The summed E-state index contributed by atoms with van der Waals surface area (Å²) in [7, 11) is 1.44. The zero-order valence-electron chi connectivity index (χ0n) is 11.6. The van der Waals surface area contributed by atoms with Crippen molar-refractivity contribution in [3.8, 4) is 5.75 Å². The minimum Gasteiger partial charge on any atom is -0.496 e. The van der Waals surface area contributed by atoms with Crippen LogP contribution in [0.3, 0.4) is 0 Å². The van der Waals surface area contributed by atoms with E-state index < -0.39 is 23.5 Å². The Kier molecular flexibility index (Phi) is 4.50. The van der Waals surface area contributed by atoms with E-state index in [1.807, 2.05) is 6.92 Å². The lowest BCUT2D eigenvalue weighted by Gasteiger charge is -2.21. The Balaban J connectivity index is 2.63. The van der Waals surface area contributed by atoms with Gasteiger partial charge in [0.1, 0.15) is 23.2 Å². The molecule has 0 amide bonds. The molecule has 1 atom stereocenters. The van der Waals surface area contributed by atoms with Gasteiger partial charge in [-0.05, 0) is 13.0 Å². The molecule has 0 aliphatic heterocycles. The van der Waals surface area contributed by atoms with Crippen molar-refractivity contribution in [1.82, 2.24) is 5.43 Å². The second kappa shape index (κ2) is 6.15. The predicted molar refractivity (Wildman–Crippen MR) is 73.2 cm³/mol. The molecule has 0 saturated heterocycles. The summed E-state index contributed by atoms with van der Waals surface area (Å²) in [6, 6.07) is 5.41. The van der Waals surface area contributed by atoms with Gasteiger partial charge in [0.05, 0.1) is 13.2 Å². The van der Waals surface area contributed by atoms with E-state index in [1.165, 1.54) is 7.11 Å². The van der Waals surface area contributed by atoms with Crippen LogP contribution in [0.4, 0.5) is 13.2 Å². The van der Waals surface area contributed by atoms with Gasteiger partial charge in [0.2, 0.25) is 0 Å². The summed E-state index contributed by atoms with van der Waals surface area (Å²) in [4.78, 5) is 0. The molecule has 0 aliphatic rings. The Bertz CT molecular complexity index is 638. The standard InChI is InChI=1S/C15H15F3N2O/c1-8-3-4-13(21-2)10(5-8)15(20-19)14-11(17)6-9(16)7-12(14)18/h3-7,15,20H,19H2,1-2H3. The third kappa shape index (κ3) is 3.01. The van der Waals surface area contributed by atoms with Crippen LogP contribution >= 0.6 is 0 Å². The van der Waals surface area contributed by atoms with Crippen LogP contribution < -0.4 is 16.0 Å². The van der Waals surface area contributed by atoms with E-state index in [-0.39, 0.29) is 5.56 Å². The first-order valence-electron chi connectivity index (χ1n) is 6.23. The first-order chi connectivity index (χ1) is 9.97. The van der Waals surface area contributed by atoms with E-state index in [0.29, 0.717) is 23.4 Å². The fraction of sp³-hybridized carbons (Fsp3) is 0.200. The minimum absolute atomic E-state index is 0.359. The Morgan fingerprint density at radius 2 is 1.71 bits per heavy atom. The fourth-order valence-corrected chi connectivity index (χ4v) is 2.24. The molecule has 0 spiro atoms. The third-order valence-corrected chi connectivity index (χ3v) is 3.20. The highest BCUT2D eigenvalue weighted by molar-refractivity contribution is 5.44. The number of halogens is 3. The number of rotatable bonds is 4. The van der Waals surface area contributed by atoms with Gasteiger partial charge in [-0.3, -0.25) is 5.84 Å². The number of nitrogens with one attached hydrogen (secondary N) is 1. The fourth-order valence-electron chi connectivity index (χ4n) is 2.24. The van der Waals surface area contributed by atoms with Gasteiger partial charge in [-0.25, -0.2) is 18.6 Å². The topological polar surface area (TPSA) is 47.3 Å². The summed E-state index contributed by atoms with van der Waals surface area (Å²) in [5.41, 5.74) is 3.33. The molecular formula is C15H15F3N2O. The molecule has 1 unspecified atom stereocenters. The molecule has 0 aliphatic carbocycles. The molecule has 2 aromatic carbocycles. The molecule has 3 N–H and O–H groups in total. The Labute approximate surface area is 120 Å². The van der Waals surface area contributed by atoms with Crippen LogP contribution in [-0.2, 0) is 0 Å². The number of methoxy groups -OCH3 is 1. The van der Waals surface area contributed by atoms with Crippen LogP contribution in [0.25, 0.3) is 0 Å². The molecule has 0 aromatic heterocycles. The average Bonchev–Trinajstić information content (AvgIpc) is 2.42. The molecule has 0 saturated carbocycles. The Morgan fingerprint density at radius 1 is 1.10 bits per heavy atom. The zero-order valence-corrected chi connectivity index (χ0v) is 11.6. The highest BCUT2D eigenvalue weighted by Crippen LogP contribution is 2.33. The summed E-state index contributed by atoms with van der Waals surface area (Å²) in [5, 5.41) is 0. The van der Waals surface area contributed by atoms with Gasteiger partial charge < -0.3 is 4.74 Å². The predicted octanol–water partition coefficient (Wildman–Crippen LogP) is 2.97. The quantitative estimate of drug-likeness (QED) is 0.673. The summed E-state index contributed by atoms with van der Waals surface area (Å²) in [6.07, 6.45) is 0. The van der Waals surface area contributed by atoms with E-state index >= 15 is 0 Å². The average molecular weight is 296 g/mol. The highest BCUT2D eigenvalue weighted by Gasteiger charge is 2.24. The molecule has 2 aromatic rings. The normalized spacial score (nSPS) is 12.3. The molecule has 3 nitrogen and oxygen atoms in total. The SMILES string of the molecule is COc1ccc(C)cc1C(NN)c1c(F)cc(F)cc1F. The number of aryl methyl sites for hydroxylation is 1. The van der Waals surface area contributed by atoms with Crippen LogP contribution in [0.5, 0.6) is 5.75 Å². The summed E-state index contributed by atoms with van der Waals surface area (Å²) in [5.74, 6) is 2.86. The smallest absolute Gasteiger partial charge is 0.134 e. The Hall–Kier alpha value is -2.05. The summed E-state index contributed by atoms with van der Waals surface area (Å²) < 4.78 is 46.1. The second-order valence-electron chi connectivity index (χ2n) is 4.63. The molecule has 0 heterocycles. The van der Waals surface area contributed by atoms with Gasteiger partial charge in [0.15, 0.2) is 0 Å². The number of hydrazine groups is 1. The largest absolute Gasteiger partial charge is 0.496 e. The van der Waals surface area contributed by atoms with Gasteiger partial charge in [0.25, 0.3) is 0 Å². The van der Waals surface area contributed by atoms with Gasteiger partial charge >= 0.3 is 0 Å². The highest BCUT2D eigenvalue weighted by atomic mass is 19.1. The molecule has 0 radical (unpaired) electrons. The van der Waals surface area contributed by atoms with Crippen LogP contribution in [-0.4, -0.2) is 7.11 Å². The van der Waals surface area contributed by atoms with Gasteiger partial charge in [-0.15, -0.1) is 0 Å². The van der Waals surface area contributed by atoms with Gasteiger partial charge in [-0.1, -0.05) is 17.7 Å². The maximum Gasteiger partial charge on any atom is 0.134 e. The van der Waals surface area contributed by atoms with Crippen molar-refractivity contribution in [1.29, 1.82) is 0 Å². The Morgan fingerprint density at radius 3 is 2.24 bits per heavy atom. The van der Waals surface area contributed by atoms with Crippen molar-refractivity contribution in [3.63, 3.8) is 0 Å². The van der Waals surface area contributed by atoms with Crippen LogP contribution in [0, 0.1) is 24.4 Å². The molecule has 6 heteroatoms. The number of nitrogens with two attached hydrogens (primary N) is 1. The molecule has 0 fully saturated rings. The van der Waals surface area contributed by atoms with Gasteiger partial charge in [-0.2, -0.15) is 0 Å². The van der Waals surface area contributed by atoms with E-state index in [0.717, 1.165) is 5.56 Å². The lowest BCUT2D eigenvalue weighted by Crippen LogP contribution is -2.30. The number of hydrogen-bond donors (Lipinski definition) is 2. The monoisotopic (exact) mass is 296 g/mol. The molecular weight excluding hydrogens is 281 g/mol. The van der Waals surface area contributed by atoms with Crippen LogP contribution in [0.2, 0.25) is 0 Å². The van der Waals surface area contributed by atoms with E-state index in [2.05, 4.69) is 5.43 Å². The second-order valence-corrected chi connectivity index (χ2v) is 4.63. The minimum atomic E-state index is -1.01. The van der Waals surface area contributed by atoms with E-state index in [4.69, 9.17) is 10.6 Å². The van der Waals surface area contributed by atoms with Crippen molar-refractivity contribution >= 4 is 0 Å². The van der Waals surface area contributed by atoms with Crippen molar-refractivity contribution < 1.29 is 17.9 Å². The van der Waals surface area contributed by atoms with Crippen molar-refractivity contribution in [2.24, 2.45) is 5.84 Å². The first kappa shape index (κ1) is 15.3. The van der Waals surface area contributed by atoms with Crippen molar-refractivity contribution in [3.05, 3.63) is 64.5 Å². The lowest BCUT2D eigenvalue weighted by molar-refractivity contribution is 0.401. The van der Waals surface area contributed by atoms with E-state index in [1.54, 1.807) is 18.2 Å². The van der Waals surface area contributed by atoms with Gasteiger partial charge in [0, 0.05) is 23.3 Å². The molecule has 21 heavy (non-hydrogen) atoms. The van der Waals surface area contributed by atoms with Crippen LogP contribution in [0.15, 0.2) is 30.3 Å². The molecule has 2 rings (SSSR count). The molecule has 112 valence electrons. The number of benzene rings is 2. The zero-order chi connectivity index (χ0) is 15.6. The summed E-state index contributed by atoms with van der Waals surface area (Å²) in [6.45, 7) is 1.83. The maximum atomic E-state index is 14.0. The number of hydrogen-bond acceptors (Lipinski definition) is 3. The third-order valence-electron chi connectivity index (χ3n) is 3.20.